The largest absolute Gasteiger partial charge is 0.454 e. The van der Waals surface area contributed by atoms with Crippen LogP contribution in [0.15, 0.2) is 71.1 Å². The van der Waals surface area contributed by atoms with Gasteiger partial charge in [0.2, 0.25) is 6.79 Å². The van der Waals surface area contributed by atoms with Gasteiger partial charge in [0.05, 0.1) is 15.8 Å². The highest BCUT2D eigenvalue weighted by Crippen LogP contribution is 2.33. The summed E-state index contributed by atoms with van der Waals surface area (Å²) in [7, 11) is 0. The highest BCUT2D eigenvalue weighted by atomic mass is 32.2. The molecule has 0 saturated carbocycles. The van der Waals surface area contributed by atoms with Gasteiger partial charge >= 0.3 is 5.97 Å². The smallest absolute Gasteiger partial charge is 0.338 e. The van der Waals surface area contributed by atoms with Crippen molar-refractivity contribution in [2.24, 2.45) is 0 Å². The molecule has 0 aliphatic carbocycles. The van der Waals surface area contributed by atoms with Crippen LogP contribution in [0.1, 0.15) is 21.5 Å². The number of rotatable bonds is 8. The molecule has 0 atom stereocenters. The first-order valence-corrected chi connectivity index (χ1v) is 12.3. The maximum atomic E-state index is 12.3. The lowest BCUT2D eigenvalue weighted by atomic mass is 10.1. The second-order valence-electron chi connectivity index (χ2n) is 7.47. The van der Waals surface area contributed by atoms with E-state index in [0.29, 0.717) is 23.6 Å². The fourth-order valence-corrected chi connectivity index (χ4v) is 5.34. The molecular weight excluding hydrogens is 472 g/mol. The molecule has 1 N–H and O–H groups in total. The Hall–Kier alpha value is -3.56. The minimum Gasteiger partial charge on any atom is -0.454 e. The summed E-state index contributed by atoms with van der Waals surface area (Å²) in [5.74, 6) is 1.17. The zero-order valence-electron chi connectivity index (χ0n) is 18.0. The highest BCUT2D eigenvalue weighted by molar-refractivity contribution is 8.00. The van der Waals surface area contributed by atoms with Crippen LogP contribution in [0.4, 0.5) is 0 Å². The molecule has 34 heavy (non-hydrogen) atoms. The number of nitrogens with one attached hydrogen (secondary N) is 1. The summed E-state index contributed by atoms with van der Waals surface area (Å²) in [4.78, 5) is 29.0. The molecular formula is C25H20N2O5S2. The number of aromatic nitrogens is 1. The van der Waals surface area contributed by atoms with Gasteiger partial charge in [0, 0.05) is 12.3 Å². The number of nitrogens with zero attached hydrogens (tertiary/aromatic N) is 1. The number of carbonyl (C=O) groups is 2. The number of hydrogen-bond donors (Lipinski definition) is 1. The Labute approximate surface area is 204 Å². The van der Waals surface area contributed by atoms with E-state index < -0.39 is 5.97 Å². The number of esters is 1. The van der Waals surface area contributed by atoms with Crippen molar-refractivity contribution >= 4 is 45.2 Å². The van der Waals surface area contributed by atoms with Crippen LogP contribution in [0.3, 0.4) is 0 Å². The molecule has 1 aliphatic heterocycles. The molecule has 1 aliphatic rings. The molecule has 9 heteroatoms. The number of amides is 1. The number of carbonyl (C=O) groups excluding carboxylic acids is 2. The molecule has 0 fully saturated rings. The molecule has 1 aromatic heterocycles. The van der Waals surface area contributed by atoms with E-state index in [0.717, 1.165) is 26.7 Å². The van der Waals surface area contributed by atoms with Gasteiger partial charge in [-0.15, -0.1) is 11.3 Å². The first-order chi connectivity index (χ1) is 16.6. The van der Waals surface area contributed by atoms with Crippen molar-refractivity contribution in [1.29, 1.82) is 0 Å². The third kappa shape index (κ3) is 5.32. The number of thioether (sulfide) groups is 1. The van der Waals surface area contributed by atoms with E-state index in [2.05, 4.69) is 16.4 Å². The maximum absolute atomic E-state index is 12.3. The molecule has 172 valence electrons. The van der Waals surface area contributed by atoms with E-state index >= 15 is 0 Å². The van der Waals surface area contributed by atoms with Crippen LogP contribution < -0.4 is 14.8 Å². The molecule has 7 nitrogen and oxygen atoms in total. The molecule has 2 heterocycles. The van der Waals surface area contributed by atoms with Gasteiger partial charge in [-0.05, 0) is 47.5 Å². The Bertz CT molecular complexity index is 1300. The summed E-state index contributed by atoms with van der Waals surface area (Å²) < 4.78 is 17.9. The molecule has 4 aromatic rings. The number of hydrogen-bond acceptors (Lipinski definition) is 8. The summed E-state index contributed by atoms with van der Waals surface area (Å²) in [6, 6.07) is 20.7. The summed E-state index contributed by atoms with van der Waals surface area (Å²) >= 11 is 3.33. The molecule has 3 aromatic carbocycles. The first-order valence-electron chi connectivity index (χ1n) is 10.5. The van der Waals surface area contributed by atoms with Gasteiger partial charge < -0.3 is 19.5 Å². The lowest BCUT2D eigenvalue weighted by Crippen LogP contribution is -2.28. The average molecular weight is 493 g/mol. The van der Waals surface area contributed by atoms with Crippen LogP contribution in [0.5, 0.6) is 11.5 Å². The van der Waals surface area contributed by atoms with Gasteiger partial charge in [-0.25, -0.2) is 9.78 Å². The van der Waals surface area contributed by atoms with Crippen molar-refractivity contribution in [2.75, 3.05) is 13.4 Å². The van der Waals surface area contributed by atoms with Crippen molar-refractivity contribution in [3.63, 3.8) is 0 Å². The van der Waals surface area contributed by atoms with E-state index in [9.17, 15) is 9.59 Å². The average Bonchev–Trinajstić information content (AvgIpc) is 3.51. The maximum Gasteiger partial charge on any atom is 0.338 e. The van der Waals surface area contributed by atoms with Gasteiger partial charge in [0.25, 0.3) is 5.91 Å². The van der Waals surface area contributed by atoms with E-state index in [1.54, 1.807) is 41.3 Å². The predicted molar refractivity (Wildman–Crippen MR) is 130 cm³/mol. The number of ether oxygens (including phenoxy) is 3. The molecule has 5 rings (SSSR count). The second kappa shape index (κ2) is 10.1. The SMILES string of the molecule is O=C(COC(=O)c1ccc(CSc2nc3ccccc3s2)cc1)NCc1ccc2c(c1)OCO2. The predicted octanol–water partition coefficient (Wildman–Crippen LogP) is 4.79. The van der Waals surface area contributed by atoms with Gasteiger partial charge in [0.1, 0.15) is 0 Å². The number of benzene rings is 3. The normalized spacial score (nSPS) is 12.0. The van der Waals surface area contributed by atoms with E-state index in [-0.39, 0.29) is 19.3 Å². The van der Waals surface area contributed by atoms with Gasteiger partial charge in [-0.1, -0.05) is 42.1 Å². The Morgan fingerprint density at radius 1 is 1.00 bits per heavy atom. The summed E-state index contributed by atoms with van der Waals surface area (Å²) in [5.41, 5.74) is 3.34. The number of fused-ring (bicyclic) bond motifs is 2. The molecule has 0 unspecified atom stereocenters. The fraction of sp³-hybridized carbons (Fsp3) is 0.160. The Morgan fingerprint density at radius 3 is 2.65 bits per heavy atom. The standard InChI is InChI=1S/C25H20N2O5S2/c28-23(26-12-17-7-10-20-21(11-17)32-15-31-20)13-30-24(29)18-8-5-16(6-9-18)14-33-25-27-19-3-1-2-4-22(19)34-25/h1-11H,12-15H2,(H,26,28). The van der Waals surface area contributed by atoms with E-state index in [4.69, 9.17) is 14.2 Å². The lowest BCUT2D eigenvalue weighted by molar-refractivity contribution is -0.124. The Kier molecular flexibility index (Phi) is 6.64. The van der Waals surface area contributed by atoms with Gasteiger partial charge in [-0.2, -0.15) is 0 Å². The first kappa shape index (κ1) is 22.2. The summed E-state index contributed by atoms with van der Waals surface area (Å²) in [6.45, 7) is 0.150. The summed E-state index contributed by atoms with van der Waals surface area (Å²) in [6.07, 6.45) is 0. The van der Waals surface area contributed by atoms with Crippen LogP contribution in [-0.4, -0.2) is 30.3 Å². The molecule has 1 amide bonds. The van der Waals surface area contributed by atoms with E-state index in [1.165, 1.54) is 4.70 Å². The number of para-hydroxylation sites is 1. The third-order valence-corrected chi connectivity index (χ3v) is 7.34. The topological polar surface area (TPSA) is 86.8 Å². The minimum atomic E-state index is -0.538. The lowest BCUT2D eigenvalue weighted by Gasteiger charge is -2.08. The van der Waals surface area contributed by atoms with Crippen molar-refractivity contribution in [1.82, 2.24) is 10.3 Å². The second-order valence-corrected chi connectivity index (χ2v) is 9.73. The molecule has 0 radical (unpaired) electrons. The van der Waals surface area contributed by atoms with Crippen molar-refractivity contribution in [3.05, 3.63) is 83.4 Å². The van der Waals surface area contributed by atoms with Crippen LogP contribution >= 0.6 is 23.1 Å². The van der Waals surface area contributed by atoms with Crippen LogP contribution in [-0.2, 0) is 21.8 Å². The van der Waals surface area contributed by atoms with E-state index in [1.807, 2.05) is 42.5 Å². The van der Waals surface area contributed by atoms with Crippen LogP contribution in [0.25, 0.3) is 10.2 Å². The van der Waals surface area contributed by atoms with Crippen molar-refractivity contribution < 1.29 is 23.8 Å². The Balaban J connectivity index is 1.07. The summed E-state index contributed by atoms with van der Waals surface area (Å²) in [5, 5.41) is 2.73. The van der Waals surface area contributed by atoms with Gasteiger partial charge in [0.15, 0.2) is 22.4 Å². The van der Waals surface area contributed by atoms with Gasteiger partial charge in [-0.3, -0.25) is 4.79 Å². The third-order valence-electron chi connectivity index (χ3n) is 5.09. The zero-order chi connectivity index (χ0) is 23.3. The number of thiazole rings is 1. The van der Waals surface area contributed by atoms with Crippen LogP contribution in [0, 0.1) is 0 Å². The molecule has 0 bridgehead atoms. The quantitative estimate of drug-likeness (QED) is 0.280. The van der Waals surface area contributed by atoms with Crippen LogP contribution in [0.2, 0.25) is 0 Å². The van der Waals surface area contributed by atoms with Crippen molar-refractivity contribution in [2.45, 2.75) is 16.6 Å². The zero-order valence-corrected chi connectivity index (χ0v) is 19.6. The van der Waals surface area contributed by atoms with Crippen molar-refractivity contribution in [3.8, 4) is 11.5 Å². The Morgan fingerprint density at radius 2 is 1.79 bits per heavy atom. The highest BCUT2D eigenvalue weighted by Gasteiger charge is 2.14. The minimum absolute atomic E-state index is 0.198. The molecule has 0 spiro atoms. The fourth-order valence-electron chi connectivity index (χ4n) is 3.31. The molecule has 0 saturated heterocycles. The monoisotopic (exact) mass is 492 g/mol.